The number of hydrogen-bond donors (Lipinski definition) is 1. The lowest BCUT2D eigenvalue weighted by molar-refractivity contribution is -0.141. The van der Waals surface area contributed by atoms with Gasteiger partial charge in [0.05, 0.1) is 18.8 Å². The number of halogens is 3. The molecular formula is C21H31F3N4O2. The lowest BCUT2D eigenvalue weighted by Gasteiger charge is -2.62. The number of carbonyl (C=O) groups is 1. The Morgan fingerprint density at radius 3 is 2.50 bits per heavy atom. The topological polar surface area (TPSA) is 67.4 Å². The highest BCUT2D eigenvalue weighted by Crippen LogP contribution is 2.61. The number of anilines is 1. The van der Waals surface area contributed by atoms with Crippen LogP contribution in [0.15, 0.2) is 6.20 Å². The van der Waals surface area contributed by atoms with Crippen molar-refractivity contribution in [1.29, 1.82) is 0 Å². The van der Waals surface area contributed by atoms with Crippen molar-refractivity contribution in [2.45, 2.75) is 53.3 Å². The highest BCUT2D eigenvalue weighted by Gasteiger charge is 2.56. The van der Waals surface area contributed by atoms with Gasteiger partial charge in [0.15, 0.2) is 5.69 Å². The Labute approximate surface area is 175 Å². The van der Waals surface area contributed by atoms with Crippen molar-refractivity contribution in [2.24, 2.45) is 23.2 Å². The van der Waals surface area contributed by atoms with E-state index in [1.54, 1.807) is 0 Å². The second kappa shape index (κ2) is 7.98. The summed E-state index contributed by atoms with van der Waals surface area (Å²) in [5, 5.41) is 3.12. The summed E-state index contributed by atoms with van der Waals surface area (Å²) in [6, 6.07) is 0.0358. The van der Waals surface area contributed by atoms with E-state index in [1.165, 1.54) is 11.3 Å². The van der Waals surface area contributed by atoms with Gasteiger partial charge in [0.2, 0.25) is 5.95 Å². The largest absolute Gasteiger partial charge is 0.434 e. The van der Waals surface area contributed by atoms with Gasteiger partial charge in [-0.3, -0.25) is 4.79 Å². The molecule has 1 aromatic rings. The molecule has 1 aliphatic heterocycles. The predicted octanol–water partition coefficient (Wildman–Crippen LogP) is 4.09. The van der Waals surface area contributed by atoms with E-state index in [0.717, 1.165) is 12.6 Å². The summed E-state index contributed by atoms with van der Waals surface area (Å²) >= 11 is 0. The fourth-order valence-corrected chi connectivity index (χ4v) is 5.27. The third-order valence-electron chi connectivity index (χ3n) is 7.25. The van der Waals surface area contributed by atoms with Crippen molar-refractivity contribution in [1.82, 2.24) is 14.9 Å². The van der Waals surface area contributed by atoms with Crippen LogP contribution in [0.25, 0.3) is 0 Å². The number of nitrogens with zero attached hydrogens (tertiary/aromatic N) is 3. The Balaban J connectivity index is 0.00000256. The van der Waals surface area contributed by atoms with Crippen molar-refractivity contribution < 1.29 is 22.7 Å². The van der Waals surface area contributed by atoms with Gasteiger partial charge in [0, 0.05) is 25.3 Å². The van der Waals surface area contributed by atoms with Gasteiger partial charge in [-0.2, -0.15) is 13.2 Å². The molecule has 3 aliphatic carbocycles. The molecule has 1 amide bonds. The Hall–Kier alpha value is -1.90. The molecule has 0 aromatic carbocycles. The standard InChI is InChI=1S/C20H27F3N4O2.CH4/c1-11-14-8-12(19(14,2)3)9-15(11)25-18-24-10-13(16(26-18)20(21,22)23)17(28)27-4-6-29-7-5-27;/h10-12,14-15H,4-9H2,1-3H3,(H,24,25,26);1H4/t11-,12+,14-,15-;/m1./s1. The second-order valence-corrected chi connectivity index (χ2v) is 9.06. The lowest BCUT2D eigenvalue weighted by atomic mass is 9.45. The maximum Gasteiger partial charge on any atom is 0.434 e. The van der Waals surface area contributed by atoms with Gasteiger partial charge in [0.25, 0.3) is 5.91 Å². The monoisotopic (exact) mass is 428 g/mol. The number of alkyl halides is 3. The van der Waals surface area contributed by atoms with Crippen LogP contribution in [0.5, 0.6) is 0 Å². The summed E-state index contributed by atoms with van der Waals surface area (Å²) in [5.74, 6) is 0.657. The van der Waals surface area contributed by atoms with Crippen LogP contribution in [-0.2, 0) is 10.9 Å². The molecule has 2 heterocycles. The molecule has 1 saturated heterocycles. The summed E-state index contributed by atoms with van der Waals surface area (Å²) in [7, 11) is 0. The maximum absolute atomic E-state index is 13.7. The predicted molar refractivity (Wildman–Crippen MR) is 107 cm³/mol. The van der Waals surface area contributed by atoms with E-state index in [0.29, 0.717) is 31.0 Å². The average Bonchev–Trinajstić information content (AvgIpc) is 2.68. The first kappa shape index (κ1) is 22.8. The van der Waals surface area contributed by atoms with E-state index in [4.69, 9.17) is 4.74 Å². The van der Waals surface area contributed by atoms with Gasteiger partial charge in [-0.25, -0.2) is 9.97 Å². The number of fused-ring (bicyclic) bond motifs is 2. The van der Waals surface area contributed by atoms with Crippen LogP contribution in [0.4, 0.5) is 19.1 Å². The molecule has 30 heavy (non-hydrogen) atoms. The molecule has 4 aliphatic rings. The molecule has 6 nitrogen and oxygen atoms in total. The van der Waals surface area contributed by atoms with Gasteiger partial charge >= 0.3 is 6.18 Å². The highest BCUT2D eigenvalue weighted by molar-refractivity contribution is 5.95. The number of amides is 1. The number of aromatic nitrogens is 2. The summed E-state index contributed by atoms with van der Waals surface area (Å²) in [6.45, 7) is 7.81. The van der Waals surface area contributed by atoms with Gasteiger partial charge in [-0.1, -0.05) is 28.2 Å². The van der Waals surface area contributed by atoms with E-state index in [9.17, 15) is 18.0 Å². The first-order valence-electron chi connectivity index (χ1n) is 10.2. The normalized spacial score (nSPS) is 30.1. The minimum absolute atomic E-state index is 0. The Kier molecular flexibility index (Phi) is 6.06. The van der Waals surface area contributed by atoms with Crippen LogP contribution in [0.2, 0.25) is 0 Å². The quantitative estimate of drug-likeness (QED) is 0.786. The molecule has 0 radical (unpaired) electrons. The van der Waals surface area contributed by atoms with Gasteiger partial charge in [-0.15, -0.1) is 0 Å². The van der Waals surface area contributed by atoms with Crippen molar-refractivity contribution in [2.75, 3.05) is 31.6 Å². The van der Waals surface area contributed by atoms with Crippen molar-refractivity contribution in [3.8, 4) is 0 Å². The number of morpholine rings is 1. The first-order chi connectivity index (χ1) is 13.6. The van der Waals surface area contributed by atoms with E-state index in [2.05, 4.69) is 36.1 Å². The molecule has 4 fully saturated rings. The number of hydrogen-bond acceptors (Lipinski definition) is 5. The SMILES string of the molecule is C.C[C@@H]1[C@H]2C[C@@H](C[C@H]1Nc1ncc(C(=O)N3CCOCC3)c(C(F)(F)F)n1)C2(C)C. The summed E-state index contributed by atoms with van der Waals surface area (Å²) in [5.41, 5.74) is -1.41. The Morgan fingerprint density at radius 1 is 1.27 bits per heavy atom. The zero-order valence-corrected chi connectivity index (χ0v) is 16.9. The molecule has 9 heteroatoms. The minimum atomic E-state index is -4.74. The molecule has 0 spiro atoms. The van der Waals surface area contributed by atoms with Crippen molar-refractivity contribution >= 4 is 11.9 Å². The maximum atomic E-state index is 13.7. The fourth-order valence-electron chi connectivity index (χ4n) is 5.27. The second-order valence-electron chi connectivity index (χ2n) is 9.06. The van der Waals surface area contributed by atoms with E-state index in [1.807, 2.05) is 0 Å². The fraction of sp³-hybridized carbons (Fsp3) is 0.762. The van der Waals surface area contributed by atoms with Gasteiger partial charge < -0.3 is 15.0 Å². The number of nitrogens with one attached hydrogen (secondary N) is 1. The number of ether oxygens (including phenoxy) is 1. The van der Waals surface area contributed by atoms with Gasteiger partial charge in [-0.05, 0) is 36.0 Å². The van der Waals surface area contributed by atoms with Crippen molar-refractivity contribution in [3.05, 3.63) is 17.5 Å². The van der Waals surface area contributed by atoms with E-state index >= 15 is 0 Å². The third kappa shape index (κ3) is 3.88. The van der Waals surface area contributed by atoms with E-state index in [-0.39, 0.29) is 37.9 Å². The molecule has 4 atom stereocenters. The molecular weight excluding hydrogens is 397 g/mol. The number of carbonyl (C=O) groups excluding carboxylic acids is 1. The smallest absolute Gasteiger partial charge is 0.378 e. The van der Waals surface area contributed by atoms with Crippen LogP contribution in [-0.4, -0.2) is 53.1 Å². The molecule has 1 aromatic heterocycles. The number of rotatable bonds is 3. The third-order valence-corrected chi connectivity index (χ3v) is 7.25. The summed E-state index contributed by atoms with van der Waals surface area (Å²) in [6.07, 6.45) is -1.66. The van der Waals surface area contributed by atoms with Crippen LogP contribution in [0, 0.1) is 23.2 Å². The molecule has 1 N–H and O–H groups in total. The molecule has 5 rings (SSSR count). The highest BCUT2D eigenvalue weighted by atomic mass is 19.4. The average molecular weight is 428 g/mol. The molecule has 2 bridgehead atoms. The Bertz CT molecular complexity index is 793. The molecule has 168 valence electrons. The molecule has 3 saturated carbocycles. The zero-order chi connectivity index (χ0) is 21.0. The zero-order valence-electron chi connectivity index (χ0n) is 16.9. The van der Waals surface area contributed by atoms with E-state index < -0.39 is 23.3 Å². The summed E-state index contributed by atoms with van der Waals surface area (Å²) < 4.78 is 46.2. The van der Waals surface area contributed by atoms with Crippen LogP contribution in [0.3, 0.4) is 0 Å². The molecule has 0 unspecified atom stereocenters. The first-order valence-corrected chi connectivity index (χ1v) is 10.2. The van der Waals surface area contributed by atoms with Crippen LogP contribution >= 0.6 is 0 Å². The Morgan fingerprint density at radius 2 is 1.93 bits per heavy atom. The minimum Gasteiger partial charge on any atom is -0.378 e. The van der Waals surface area contributed by atoms with Crippen molar-refractivity contribution in [3.63, 3.8) is 0 Å². The van der Waals surface area contributed by atoms with Crippen LogP contribution in [0.1, 0.15) is 57.1 Å². The van der Waals surface area contributed by atoms with Crippen LogP contribution < -0.4 is 5.32 Å². The summed E-state index contributed by atoms with van der Waals surface area (Å²) in [4.78, 5) is 21.8. The lowest BCUT2D eigenvalue weighted by Crippen LogP contribution is -2.58. The van der Waals surface area contributed by atoms with Gasteiger partial charge in [0.1, 0.15) is 0 Å².